The first-order valence-electron chi connectivity index (χ1n) is 7.50. The number of fused-ring (bicyclic) bond motifs is 1. The van der Waals surface area contributed by atoms with Crippen LogP contribution in [0.4, 0.5) is 0 Å². The van der Waals surface area contributed by atoms with Crippen LogP contribution in [-0.4, -0.2) is 34.8 Å². The van der Waals surface area contributed by atoms with E-state index in [4.69, 9.17) is 9.47 Å². The van der Waals surface area contributed by atoms with Crippen molar-refractivity contribution in [2.45, 2.75) is 31.6 Å². The predicted molar refractivity (Wildman–Crippen MR) is 82.7 cm³/mol. The molecule has 3 rings (SSSR count). The molecule has 6 nitrogen and oxygen atoms in total. The maximum absolute atomic E-state index is 12.6. The Labute approximate surface area is 131 Å². The van der Waals surface area contributed by atoms with Crippen LogP contribution in [0.1, 0.15) is 25.3 Å². The second kappa shape index (κ2) is 5.72. The summed E-state index contributed by atoms with van der Waals surface area (Å²) < 4.78 is 38.5. The smallest absolute Gasteiger partial charge is 0.240 e. The third-order valence-corrected chi connectivity index (χ3v) is 5.88. The summed E-state index contributed by atoms with van der Waals surface area (Å²) in [6.07, 6.45) is 2.09. The molecule has 2 heterocycles. The molecule has 1 unspecified atom stereocenters. The Morgan fingerprint density at radius 1 is 1.32 bits per heavy atom. The molecule has 2 aliphatic heterocycles. The fourth-order valence-corrected chi connectivity index (χ4v) is 4.37. The lowest BCUT2D eigenvalue weighted by molar-refractivity contribution is 0.174. The number of rotatable bonds is 4. The van der Waals surface area contributed by atoms with Crippen LogP contribution in [-0.2, 0) is 10.0 Å². The van der Waals surface area contributed by atoms with E-state index in [-0.39, 0.29) is 17.1 Å². The van der Waals surface area contributed by atoms with Crippen LogP contribution >= 0.6 is 0 Å². The van der Waals surface area contributed by atoms with Gasteiger partial charge in [-0.1, -0.05) is 6.92 Å². The average Bonchev–Trinajstić information content (AvgIpc) is 2.92. The number of sulfonamides is 1. The summed E-state index contributed by atoms with van der Waals surface area (Å²) >= 11 is 0. The number of aryl methyl sites for hydroxylation is 1. The Morgan fingerprint density at radius 3 is 2.73 bits per heavy atom. The normalized spacial score (nSPS) is 24.5. The third kappa shape index (κ3) is 3.06. The van der Waals surface area contributed by atoms with Crippen LogP contribution in [0.15, 0.2) is 17.0 Å². The van der Waals surface area contributed by atoms with Crippen molar-refractivity contribution in [1.29, 1.82) is 0 Å². The van der Waals surface area contributed by atoms with Crippen molar-refractivity contribution in [2.75, 3.05) is 26.4 Å². The van der Waals surface area contributed by atoms with Crippen LogP contribution in [0.5, 0.6) is 11.5 Å². The number of ether oxygens (including phenoxy) is 2. The minimum atomic E-state index is -3.56. The molecule has 1 aromatic carbocycles. The van der Waals surface area contributed by atoms with Gasteiger partial charge in [-0.25, -0.2) is 13.1 Å². The molecule has 22 heavy (non-hydrogen) atoms. The highest BCUT2D eigenvalue weighted by Crippen LogP contribution is 2.36. The van der Waals surface area contributed by atoms with E-state index in [1.54, 1.807) is 19.1 Å². The van der Waals surface area contributed by atoms with Crippen molar-refractivity contribution in [3.8, 4) is 11.5 Å². The van der Waals surface area contributed by atoms with E-state index in [0.29, 0.717) is 23.6 Å². The van der Waals surface area contributed by atoms with Crippen molar-refractivity contribution >= 4 is 10.0 Å². The number of hydrogen-bond acceptors (Lipinski definition) is 5. The highest BCUT2D eigenvalue weighted by molar-refractivity contribution is 7.89. The van der Waals surface area contributed by atoms with E-state index in [2.05, 4.69) is 17.0 Å². The summed E-state index contributed by atoms with van der Waals surface area (Å²) in [6.45, 7) is 6.26. The largest absolute Gasteiger partial charge is 0.454 e. The van der Waals surface area contributed by atoms with E-state index in [9.17, 15) is 8.42 Å². The lowest BCUT2D eigenvalue weighted by atomic mass is 9.83. The molecular formula is C15H22N2O4S. The average molecular weight is 326 g/mol. The lowest BCUT2D eigenvalue weighted by Gasteiger charge is -2.34. The van der Waals surface area contributed by atoms with Gasteiger partial charge in [0.1, 0.15) is 0 Å². The first-order valence-corrected chi connectivity index (χ1v) is 8.99. The SMILES string of the molecule is Cc1cc2c(cc1S(=O)(=O)NCC1(C)CCCNC1)OCO2. The monoisotopic (exact) mass is 326 g/mol. The second-order valence-corrected chi connectivity index (χ2v) is 8.12. The molecule has 0 amide bonds. The van der Waals surface area contributed by atoms with Crippen molar-refractivity contribution in [3.63, 3.8) is 0 Å². The van der Waals surface area contributed by atoms with E-state index < -0.39 is 10.0 Å². The Bertz CT molecular complexity index is 666. The van der Waals surface area contributed by atoms with Gasteiger partial charge in [0, 0.05) is 19.2 Å². The standard InChI is InChI=1S/C15H22N2O4S/c1-11-6-12-13(21-10-20-12)7-14(11)22(18,19)17-9-15(2)4-3-5-16-8-15/h6-7,16-17H,3-5,8-10H2,1-2H3. The molecule has 7 heteroatoms. The van der Waals surface area contributed by atoms with Crippen LogP contribution < -0.4 is 19.5 Å². The number of hydrogen-bond donors (Lipinski definition) is 2. The van der Waals surface area contributed by atoms with E-state index in [0.717, 1.165) is 25.9 Å². The summed E-state index contributed by atoms with van der Waals surface area (Å²) in [7, 11) is -3.56. The number of nitrogens with one attached hydrogen (secondary N) is 2. The fraction of sp³-hybridized carbons (Fsp3) is 0.600. The molecule has 0 aromatic heterocycles. The minimum Gasteiger partial charge on any atom is -0.454 e. The molecule has 1 saturated heterocycles. The maximum atomic E-state index is 12.6. The van der Waals surface area contributed by atoms with Crippen molar-refractivity contribution in [2.24, 2.45) is 5.41 Å². The topological polar surface area (TPSA) is 76.7 Å². The van der Waals surface area contributed by atoms with Crippen LogP contribution in [0, 0.1) is 12.3 Å². The van der Waals surface area contributed by atoms with Crippen LogP contribution in [0.2, 0.25) is 0 Å². The van der Waals surface area contributed by atoms with Crippen molar-refractivity contribution in [1.82, 2.24) is 10.0 Å². The lowest BCUT2D eigenvalue weighted by Crippen LogP contribution is -2.45. The van der Waals surface area contributed by atoms with Gasteiger partial charge in [-0.3, -0.25) is 0 Å². The molecule has 0 spiro atoms. The van der Waals surface area contributed by atoms with Crippen molar-refractivity contribution in [3.05, 3.63) is 17.7 Å². The van der Waals surface area contributed by atoms with Gasteiger partial charge in [0.2, 0.25) is 16.8 Å². The highest BCUT2D eigenvalue weighted by atomic mass is 32.2. The molecule has 1 atom stereocenters. The van der Waals surface area contributed by atoms with Gasteiger partial charge in [0.05, 0.1) is 4.90 Å². The summed E-state index contributed by atoms with van der Waals surface area (Å²) in [5.74, 6) is 1.08. The second-order valence-electron chi connectivity index (χ2n) is 6.39. The van der Waals surface area contributed by atoms with Gasteiger partial charge in [-0.05, 0) is 43.4 Å². The van der Waals surface area contributed by atoms with Gasteiger partial charge in [-0.2, -0.15) is 0 Å². The first-order chi connectivity index (χ1) is 10.4. The zero-order valence-electron chi connectivity index (χ0n) is 12.9. The highest BCUT2D eigenvalue weighted by Gasteiger charge is 2.30. The summed E-state index contributed by atoms with van der Waals surface area (Å²) in [6, 6.07) is 3.25. The van der Waals surface area contributed by atoms with Gasteiger partial charge < -0.3 is 14.8 Å². The Kier molecular flexibility index (Phi) is 4.05. The fourth-order valence-electron chi connectivity index (χ4n) is 2.93. The van der Waals surface area contributed by atoms with Crippen LogP contribution in [0.3, 0.4) is 0 Å². The molecule has 0 saturated carbocycles. The summed E-state index contributed by atoms with van der Waals surface area (Å²) in [4.78, 5) is 0.254. The van der Waals surface area contributed by atoms with Gasteiger partial charge in [-0.15, -0.1) is 0 Å². The number of benzene rings is 1. The minimum absolute atomic E-state index is 0.0461. The first kappa shape index (κ1) is 15.6. The van der Waals surface area contributed by atoms with E-state index in [1.807, 2.05) is 0 Å². The molecular weight excluding hydrogens is 304 g/mol. The van der Waals surface area contributed by atoms with Crippen LogP contribution in [0.25, 0.3) is 0 Å². The molecule has 0 radical (unpaired) electrons. The Hall–Kier alpha value is -1.31. The molecule has 0 bridgehead atoms. The number of piperidine rings is 1. The molecule has 1 fully saturated rings. The summed E-state index contributed by atoms with van der Waals surface area (Å²) in [5.41, 5.74) is 0.610. The van der Waals surface area contributed by atoms with E-state index >= 15 is 0 Å². The van der Waals surface area contributed by atoms with Gasteiger partial charge >= 0.3 is 0 Å². The predicted octanol–water partition coefficient (Wildman–Crippen LogP) is 1.39. The zero-order valence-corrected chi connectivity index (χ0v) is 13.8. The molecule has 1 aromatic rings. The summed E-state index contributed by atoms with van der Waals surface area (Å²) in [5, 5.41) is 3.33. The van der Waals surface area contributed by atoms with Crippen molar-refractivity contribution < 1.29 is 17.9 Å². The Balaban J connectivity index is 1.78. The molecule has 2 aliphatic rings. The third-order valence-electron chi connectivity index (χ3n) is 4.33. The molecule has 122 valence electrons. The zero-order chi connectivity index (χ0) is 15.8. The molecule has 2 N–H and O–H groups in total. The van der Waals surface area contributed by atoms with E-state index in [1.165, 1.54) is 0 Å². The molecule has 0 aliphatic carbocycles. The maximum Gasteiger partial charge on any atom is 0.240 e. The van der Waals surface area contributed by atoms with Gasteiger partial charge in [0.25, 0.3) is 0 Å². The quantitative estimate of drug-likeness (QED) is 0.874. The Morgan fingerprint density at radius 2 is 2.05 bits per heavy atom. The van der Waals surface area contributed by atoms with Gasteiger partial charge in [0.15, 0.2) is 11.5 Å².